The number of halogens is 1. The maximum absolute atomic E-state index is 14.1. The lowest BCUT2D eigenvalue weighted by atomic mass is 9.68. The Hall–Kier alpha value is -5.44. The van der Waals surface area contributed by atoms with E-state index in [1.54, 1.807) is 37.4 Å². The van der Waals surface area contributed by atoms with E-state index in [2.05, 4.69) is 20.9 Å². The number of phenolic OH excluding ortho intramolecular Hbond substituents is 1. The van der Waals surface area contributed by atoms with Gasteiger partial charge in [-0.3, -0.25) is 14.4 Å². The molecule has 2 aliphatic carbocycles. The number of aromatic hydroxyl groups is 1. The minimum atomic E-state index is -0.868. The number of aryl methyl sites for hydroxylation is 2. The maximum atomic E-state index is 14.1. The van der Waals surface area contributed by atoms with Crippen molar-refractivity contribution in [2.45, 2.75) is 37.9 Å². The zero-order valence-corrected chi connectivity index (χ0v) is 28.4. The van der Waals surface area contributed by atoms with Gasteiger partial charge in [0.25, 0.3) is 5.56 Å². The molecule has 0 radical (unpaired) electrons. The third kappa shape index (κ3) is 4.90. The summed E-state index contributed by atoms with van der Waals surface area (Å²) in [4.78, 5) is 72.6. The molecule has 7 rings (SSSR count). The van der Waals surface area contributed by atoms with E-state index in [4.69, 9.17) is 14.2 Å². The van der Waals surface area contributed by atoms with Crippen molar-refractivity contribution in [3.05, 3.63) is 106 Å². The number of aromatic nitrogens is 5. The molecule has 0 fully saturated rings. The fraction of sp³-hybridized carbons (Fsp3) is 0.294. The topological polar surface area (TPSA) is 166 Å². The van der Waals surface area contributed by atoms with Gasteiger partial charge in [-0.05, 0) is 27.6 Å². The summed E-state index contributed by atoms with van der Waals surface area (Å²) in [5.74, 6) is -0.569. The van der Waals surface area contributed by atoms with Gasteiger partial charge >= 0.3 is 11.4 Å². The summed E-state index contributed by atoms with van der Waals surface area (Å²) in [6.45, 7) is -0.141. The highest BCUT2D eigenvalue weighted by molar-refractivity contribution is 9.12. The van der Waals surface area contributed by atoms with E-state index in [0.29, 0.717) is 39.4 Å². The Morgan fingerprint density at radius 2 is 1.71 bits per heavy atom. The number of methoxy groups -OCH3 is 3. The smallest absolute Gasteiger partial charge is 0.347 e. The lowest BCUT2D eigenvalue weighted by Crippen LogP contribution is -2.40. The molecule has 0 amide bonds. The molecule has 0 bridgehead atoms. The number of carbonyl (C=O) groups is 2. The van der Waals surface area contributed by atoms with Gasteiger partial charge in [-0.25, -0.2) is 28.5 Å². The average Bonchev–Trinajstić information content (AvgIpc) is 3.35. The molecule has 15 heteroatoms. The Bertz CT molecular complexity index is 2410. The van der Waals surface area contributed by atoms with Gasteiger partial charge in [-0.1, -0.05) is 12.1 Å². The Balaban J connectivity index is 1.30. The molecule has 14 nitrogen and oxygen atoms in total. The molecule has 2 atom stereocenters. The summed E-state index contributed by atoms with van der Waals surface area (Å²) < 4.78 is 21.1. The van der Waals surface area contributed by atoms with Crippen molar-refractivity contribution in [1.82, 2.24) is 23.5 Å². The minimum absolute atomic E-state index is 0.00221. The first-order valence-electron chi connectivity index (χ1n) is 15.3. The van der Waals surface area contributed by atoms with Gasteiger partial charge in [-0.15, -0.1) is 0 Å². The normalized spacial score (nSPS) is 18.5. The third-order valence-electron chi connectivity index (χ3n) is 9.45. The third-order valence-corrected chi connectivity index (χ3v) is 10.0. The average molecular weight is 733 g/mol. The van der Waals surface area contributed by atoms with Crippen LogP contribution in [0.5, 0.6) is 23.0 Å². The number of rotatable bonds is 7. The van der Waals surface area contributed by atoms with E-state index >= 15 is 0 Å². The molecule has 3 heterocycles. The summed E-state index contributed by atoms with van der Waals surface area (Å²) >= 11 is 3.20. The number of ketones is 2. The Kier molecular flexibility index (Phi) is 7.81. The number of hydrogen-bond donors (Lipinski definition) is 1. The van der Waals surface area contributed by atoms with Crippen LogP contribution < -0.4 is 31.1 Å². The number of phenols is 1. The highest BCUT2D eigenvalue weighted by Crippen LogP contribution is 2.51. The van der Waals surface area contributed by atoms with Gasteiger partial charge < -0.3 is 23.9 Å². The van der Waals surface area contributed by atoms with Crippen molar-refractivity contribution in [3.63, 3.8) is 0 Å². The predicted molar refractivity (Wildman–Crippen MR) is 180 cm³/mol. The summed E-state index contributed by atoms with van der Waals surface area (Å²) in [6, 6.07) is 7.16. The van der Waals surface area contributed by atoms with Gasteiger partial charge in [0.05, 0.1) is 49.4 Å². The van der Waals surface area contributed by atoms with Crippen molar-refractivity contribution in [2.24, 2.45) is 7.05 Å². The van der Waals surface area contributed by atoms with Crippen LogP contribution in [-0.4, -0.2) is 61.5 Å². The summed E-state index contributed by atoms with van der Waals surface area (Å²) in [7, 11) is 6.04. The number of hydrogen-bond acceptors (Lipinski definition) is 10. The Labute approximate surface area is 285 Å². The van der Waals surface area contributed by atoms with Crippen LogP contribution in [0.2, 0.25) is 0 Å². The van der Waals surface area contributed by atoms with Crippen LogP contribution in [0, 0.1) is 0 Å². The molecule has 1 aliphatic heterocycles. The number of ether oxygens (including phenoxy) is 3. The SMILES string of the molecule is COc1ccc([C@H]2C3=CCn4c(=O)n(CCc5nc6cc(OC)c(OC)cc6n(C)c5=O)c(=O)n4[C@@H]3CC3=C2C(=O)C=C(Br)C3=O)c(O)c1. The number of benzene rings is 2. The number of carbonyl (C=O) groups excluding carboxylic acids is 2. The van der Waals surface area contributed by atoms with Crippen LogP contribution >= 0.6 is 15.9 Å². The standard InChI is InChI=1S/C34H30BrN5O9/c1-37-24-15-28(49-4)27(48-3)14-22(24)36-21(32(37)44)8-9-38-33(45)39-10-7-17-23(40(39)34(38)46)12-19-30(26(42)13-20(35)31(19)43)29(17)18-6-5-16(47-2)11-25(18)41/h5-7,11,13-15,23,29,41H,8-10,12H2,1-4H3/t23-,29-/m1/s1. The van der Waals surface area contributed by atoms with Gasteiger partial charge in [0.15, 0.2) is 23.1 Å². The molecule has 1 N–H and O–H groups in total. The van der Waals surface area contributed by atoms with Crippen molar-refractivity contribution in [3.8, 4) is 23.0 Å². The predicted octanol–water partition coefficient (Wildman–Crippen LogP) is 2.43. The van der Waals surface area contributed by atoms with E-state index < -0.39 is 40.5 Å². The molecule has 3 aliphatic rings. The fourth-order valence-electron chi connectivity index (χ4n) is 7.06. The highest BCUT2D eigenvalue weighted by Gasteiger charge is 2.45. The zero-order valence-electron chi connectivity index (χ0n) is 26.9. The van der Waals surface area contributed by atoms with Crippen LogP contribution in [0.4, 0.5) is 0 Å². The molecule has 252 valence electrons. The molecule has 0 saturated heterocycles. The van der Waals surface area contributed by atoms with Gasteiger partial charge in [0.2, 0.25) is 0 Å². The van der Waals surface area contributed by atoms with Crippen molar-refractivity contribution >= 4 is 38.5 Å². The summed E-state index contributed by atoms with van der Waals surface area (Å²) in [5, 5.41) is 11.1. The maximum Gasteiger partial charge on any atom is 0.347 e. The fourth-order valence-corrected chi connectivity index (χ4v) is 7.50. The van der Waals surface area contributed by atoms with Crippen molar-refractivity contribution in [1.29, 1.82) is 0 Å². The zero-order chi connectivity index (χ0) is 34.9. The van der Waals surface area contributed by atoms with E-state index in [1.165, 1.54) is 47.4 Å². The molecular weight excluding hydrogens is 702 g/mol. The second kappa shape index (κ2) is 11.9. The first kappa shape index (κ1) is 32.1. The number of Topliss-reactive ketones (excluding diaryl/α,β-unsaturated/α-hetero) is 1. The number of allylic oxidation sites excluding steroid dienone is 6. The van der Waals surface area contributed by atoms with Gasteiger partial charge in [-0.2, -0.15) is 0 Å². The van der Waals surface area contributed by atoms with Crippen LogP contribution in [-0.2, 0) is 36.1 Å². The highest BCUT2D eigenvalue weighted by atomic mass is 79.9. The van der Waals surface area contributed by atoms with Crippen LogP contribution in [0.3, 0.4) is 0 Å². The molecule has 2 aromatic carbocycles. The quantitative estimate of drug-likeness (QED) is 0.220. The van der Waals surface area contributed by atoms with E-state index in [9.17, 15) is 29.1 Å². The largest absolute Gasteiger partial charge is 0.507 e. The molecule has 49 heavy (non-hydrogen) atoms. The second-order valence-electron chi connectivity index (χ2n) is 11.9. The molecule has 2 aromatic heterocycles. The molecule has 0 unspecified atom stereocenters. The van der Waals surface area contributed by atoms with Crippen molar-refractivity contribution < 1.29 is 28.9 Å². The number of nitrogens with zero attached hydrogens (tertiary/aromatic N) is 5. The first-order chi connectivity index (χ1) is 23.5. The van der Waals surface area contributed by atoms with Crippen LogP contribution in [0.1, 0.15) is 29.6 Å². The summed E-state index contributed by atoms with van der Waals surface area (Å²) in [5.41, 5.74) is 0.853. The van der Waals surface area contributed by atoms with Crippen LogP contribution in [0.15, 0.2) is 78.1 Å². The molecule has 0 spiro atoms. The number of fused-ring (bicyclic) bond motifs is 4. The monoisotopic (exact) mass is 731 g/mol. The Morgan fingerprint density at radius 3 is 2.41 bits per heavy atom. The molecule has 0 saturated carbocycles. The Morgan fingerprint density at radius 1 is 0.980 bits per heavy atom. The van der Waals surface area contributed by atoms with E-state index in [-0.39, 0.29) is 53.0 Å². The molecular formula is C34H30BrN5O9. The lowest BCUT2D eigenvalue weighted by molar-refractivity contribution is -0.115. The second-order valence-corrected chi connectivity index (χ2v) is 12.7. The van der Waals surface area contributed by atoms with Gasteiger partial charge in [0, 0.05) is 73.3 Å². The van der Waals surface area contributed by atoms with Crippen molar-refractivity contribution in [2.75, 3.05) is 21.3 Å². The van der Waals surface area contributed by atoms with E-state index in [1.807, 2.05) is 0 Å². The first-order valence-corrected chi connectivity index (χ1v) is 16.1. The molecule has 4 aromatic rings. The minimum Gasteiger partial charge on any atom is -0.507 e. The van der Waals surface area contributed by atoms with E-state index in [0.717, 1.165) is 4.57 Å². The lowest BCUT2D eigenvalue weighted by Gasteiger charge is -2.39. The van der Waals surface area contributed by atoms with Gasteiger partial charge in [0.1, 0.15) is 17.2 Å². The summed E-state index contributed by atoms with van der Waals surface area (Å²) in [6.07, 6.45) is 2.93. The van der Waals surface area contributed by atoms with Crippen LogP contribution in [0.25, 0.3) is 11.0 Å².